The van der Waals surface area contributed by atoms with Crippen molar-refractivity contribution in [1.29, 1.82) is 0 Å². The number of carbonyl (C=O) groups is 1. The first-order chi connectivity index (χ1) is 15.3. The molecule has 1 heterocycles. The van der Waals surface area contributed by atoms with Gasteiger partial charge in [-0.2, -0.15) is 0 Å². The average molecular weight is 432 g/mol. The molecule has 0 amide bonds. The summed E-state index contributed by atoms with van der Waals surface area (Å²) in [6.07, 6.45) is 8.28. The number of benzene rings is 2. The Kier molecular flexibility index (Phi) is 6.55. The molecule has 0 aliphatic carbocycles. The summed E-state index contributed by atoms with van der Waals surface area (Å²) in [5, 5.41) is 12.8. The van der Waals surface area contributed by atoms with Gasteiger partial charge in [-0.15, -0.1) is 6.42 Å². The third kappa shape index (κ3) is 4.44. The normalized spacial score (nSPS) is 12.7. The van der Waals surface area contributed by atoms with Gasteiger partial charge in [-0.25, -0.2) is 9.18 Å². The lowest BCUT2D eigenvalue weighted by Crippen LogP contribution is -2.14. The van der Waals surface area contributed by atoms with E-state index in [-0.39, 0.29) is 16.9 Å². The van der Waals surface area contributed by atoms with Crippen molar-refractivity contribution in [1.82, 2.24) is 0 Å². The van der Waals surface area contributed by atoms with Gasteiger partial charge in [-0.3, -0.25) is 9.79 Å². The van der Waals surface area contributed by atoms with Crippen LogP contribution in [0, 0.1) is 25.1 Å². The molecular weight excluding hydrogens is 411 g/mol. The first-order valence-corrected chi connectivity index (χ1v) is 9.73. The Morgan fingerprint density at radius 2 is 2.09 bits per heavy atom. The molecule has 0 saturated heterocycles. The third-order valence-electron chi connectivity index (χ3n) is 4.90. The Hall–Kier alpha value is -4.18. The zero-order valence-electron chi connectivity index (χ0n) is 17.8. The van der Waals surface area contributed by atoms with E-state index in [1.165, 1.54) is 24.3 Å². The first-order valence-electron chi connectivity index (χ1n) is 9.73. The highest BCUT2D eigenvalue weighted by Gasteiger charge is 2.20. The van der Waals surface area contributed by atoms with Gasteiger partial charge in [-0.05, 0) is 49.8 Å². The maximum absolute atomic E-state index is 14.1. The van der Waals surface area contributed by atoms with E-state index in [2.05, 4.69) is 16.2 Å². The van der Waals surface area contributed by atoms with Crippen LogP contribution in [-0.4, -0.2) is 23.8 Å². The summed E-state index contributed by atoms with van der Waals surface area (Å²) in [6.45, 7) is 3.60. The van der Waals surface area contributed by atoms with Crippen LogP contribution in [0.3, 0.4) is 0 Å². The molecule has 1 unspecified atom stereocenters. The molecule has 32 heavy (non-hydrogen) atoms. The molecule has 0 saturated carbocycles. The van der Waals surface area contributed by atoms with Gasteiger partial charge in [0.25, 0.3) is 0 Å². The molecule has 1 aromatic heterocycles. The maximum Gasteiger partial charge on any atom is 0.340 e. The largest absolute Gasteiger partial charge is 0.478 e. The number of carboxylic acid groups (broad SMARTS) is 1. The molecule has 3 aromatic rings. The van der Waals surface area contributed by atoms with E-state index in [1.54, 1.807) is 26.1 Å². The molecule has 0 aliphatic rings. The highest BCUT2D eigenvalue weighted by molar-refractivity contribution is 6.07. The smallest absolute Gasteiger partial charge is 0.340 e. The van der Waals surface area contributed by atoms with E-state index in [4.69, 9.17) is 10.8 Å². The molecule has 0 radical (unpaired) electrons. The Morgan fingerprint density at radius 1 is 1.34 bits per heavy atom. The number of aromatic carboxylic acids is 1. The van der Waals surface area contributed by atoms with E-state index >= 15 is 0 Å². The molecule has 162 valence electrons. The molecule has 0 bridgehead atoms. The SMILES string of the molecule is C#C/C=C\C(=NC)c1cc(=O)c2cc(C)cc(C(C)Nc3cccc(F)c3C(=O)O)c2o1. The number of halogens is 1. The molecule has 2 N–H and O–H groups in total. The van der Waals surface area contributed by atoms with Gasteiger partial charge in [0.1, 0.15) is 22.7 Å². The summed E-state index contributed by atoms with van der Waals surface area (Å²) >= 11 is 0. The van der Waals surface area contributed by atoms with E-state index in [0.717, 1.165) is 11.6 Å². The maximum atomic E-state index is 14.1. The predicted octanol–water partition coefficient (Wildman–Crippen LogP) is 4.72. The molecular formula is C25H21FN2O4. The number of anilines is 1. The molecule has 2 aromatic carbocycles. The minimum absolute atomic E-state index is 0.117. The third-order valence-corrected chi connectivity index (χ3v) is 4.90. The second kappa shape index (κ2) is 9.31. The first kappa shape index (κ1) is 22.5. The fourth-order valence-corrected chi connectivity index (χ4v) is 3.45. The second-order valence-electron chi connectivity index (χ2n) is 7.15. The molecule has 6 nitrogen and oxygen atoms in total. The van der Waals surface area contributed by atoms with E-state index in [0.29, 0.717) is 22.2 Å². The van der Waals surface area contributed by atoms with Gasteiger partial charge in [0.15, 0.2) is 11.2 Å². The molecule has 0 fully saturated rings. The van der Waals surface area contributed by atoms with E-state index in [1.807, 2.05) is 13.0 Å². The van der Waals surface area contributed by atoms with Gasteiger partial charge in [0.05, 0.1) is 17.1 Å². The summed E-state index contributed by atoms with van der Waals surface area (Å²) in [5.74, 6) is 0.379. The number of hydrogen-bond donors (Lipinski definition) is 2. The van der Waals surface area contributed by atoms with E-state index in [9.17, 15) is 19.1 Å². The van der Waals surface area contributed by atoms with Gasteiger partial charge < -0.3 is 14.8 Å². The van der Waals surface area contributed by atoms with Crippen LogP contribution in [0.1, 0.15) is 40.2 Å². The average Bonchev–Trinajstić information content (AvgIpc) is 2.74. The number of nitrogens with one attached hydrogen (secondary N) is 1. The Morgan fingerprint density at radius 3 is 2.75 bits per heavy atom. The molecule has 7 heteroatoms. The standard InChI is InChI=1S/C25H21FN2O4/c1-5-6-9-19(27-4)22-13-21(29)17-12-14(2)11-16(24(17)32-22)15(3)28-20-10-7-8-18(26)23(20)25(30)31/h1,6-13,15,28H,2-4H3,(H,30,31)/b9-6-,27-19?. The van der Waals surface area contributed by atoms with Crippen molar-refractivity contribution in [3.8, 4) is 12.3 Å². The van der Waals surface area contributed by atoms with Crippen LogP contribution in [0.5, 0.6) is 0 Å². The van der Waals surface area contributed by atoms with Crippen molar-refractivity contribution in [2.24, 2.45) is 4.99 Å². The van der Waals surface area contributed by atoms with Crippen LogP contribution in [0.2, 0.25) is 0 Å². The van der Waals surface area contributed by atoms with Crippen molar-refractivity contribution in [3.05, 3.63) is 87.0 Å². The van der Waals surface area contributed by atoms with Crippen LogP contribution in [0.15, 0.2) is 62.8 Å². The lowest BCUT2D eigenvalue weighted by molar-refractivity contribution is 0.0693. The quantitative estimate of drug-likeness (QED) is 0.434. The highest BCUT2D eigenvalue weighted by Crippen LogP contribution is 2.30. The summed E-state index contributed by atoms with van der Waals surface area (Å²) in [6, 6.07) is 8.36. The summed E-state index contributed by atoms with van der Waals surface area (Å²) < 4.78 is 20.2. The van der Waals surface area contributed by atoms with Crippen molar-refractivity contribution < 1.29 is 18.7 Å². The topological polar surface area (TPSA) is 91.9 Å². The fourth-order valence-electron chi connectivity index (χ4n) is 3.45. The number of terminal acetylenes is 1. The lowest BCUT2D eigenvalue weighted by atomic mass is 10.00. The van der Waals surface area contributed by atoms with Gasteiger partial charge in [-0.1, -0.05) is 18.1 Å². The van der Waals surface area contributed by atoms with Crippen LogP contribution in [0.4, 0.5) is 10.1 Å². The zero-order valence-corrected chi connectivity index (χ0v) is 17.8. The second-order valence-corrected chi connectivity index (χ2v) is 7.15. The van der Waals surface area contributed by atoms with Crippen molar-refractivity contribution >= 4 is 28.3 Å². The number of aliphatic imine (C=N–C) groups is 1. The number of carboxylic acids is 1. The fraction of sp³-hybridized carbons (Fsp3) is 0.160. The van der Waals surface area contributed by atoms with Crippen LogP contribution in [0.25, 0.3) is 11.0 Å². The van der Waals surface area contributed by atoms with Crippen LogP contribution >= 0.6 is 0 Å². The Labute approximate surface area is 184 Å². The van der Waals surface area contributed by atoms with Gasteiger partial charge in [0.2, 0.25) is 0 Å². The monoisotopic (exact) mass is 432 g/mol. The van der Waals surface area contributed by atoms with Crippen molar-refractivity contribution in [3.63, 3.8) is 0 Å². The summed E-state index contributed by atoms with van der Waals surface area (Å²) in [4.78, 5) is 28.5. The molecule has 3 rings (SSSR count). The minimum atomic E-state index is -1.38. The summed E-state index contributed by atoms with van der Waals surface area (Å²) in [5.41, 5.74) is 1.54. The Bertz CT molecular complexity index is 1360. The number of allylic oxidation sites excluding steroid dienone is 2. The molecule has 0 aliphatic heterocycles. The Balaban J connectivity index is 2.17. The number of hydrogen-bond acceptors (Lipinski definition) is 5. The zero-order chi connectivity index (χ0) is 23.4. The minimum Gasteiger partial charge on any atom is -0.478 e. The highest BCUT2D eigenvalue weighted by atomic mass is 19.1. The number of nitrogens with zero attached hydrogens (tertiary/aromatic N) is 1. The lowest BCUT2D eigenvalue weighted by Gasteiger charge is -2.19. The van der Waals surface area contributed by atoms with Crippen molar-refractivity contribution in [2.45, 2.75) is 19.9 Å². The van der Waals surface area contributed by atoms with Gasteiger partial charge >= 0.3 is 5.97 Å². The number of rotatable bonds is 6. The van der Waals surface area contributed by atoms with Crippen LogP contribution in [-0.2, 0) is 0 Å². The molecule has 1 atom stereocenters. The van der Waals surface area contributed by atoms with Crippen LogP contribution < -0.4 is 10.7 Å². The van der Waals surface area contributed by atoms with E-state index < -0.39 is 23.4 Å². The van der Waals surface area contributed by atoms with Gasteiger partial charge in [0, 0.05) is 18.7 Å². The summed E-state index contributed by atoms with van der Waals surface area (Å²) in [7, 11) is 1.55. The number of aryl methyl sites for hydroxylation is 1. The van der Waals surface area contributed by atoms with Crippen molar-refractivity contribution in [2.75, 3.05) is 12.4 Å². The molecule has 0 spiro atoms. The predicted molar refractivity (Wildman–Crippen MR) is 123 cm³/mol. The number of fused-ring (bicyclic) bond motifs is 1.